The summed E-state index contributed by atoms with van der Waals surface area (Å²) in [7, 11) is -6.36. The number of aliphatic hydroxyl groups is 1. The highest BCUT2D eigenvalue weighted by atomic mass is 32.2. The Hall–Kier alpha value is -3.09. The minimum atomic E-state index is -4.10. The molecule has 0 unspecified atom stereocenters. The highest BCUT2D eigenvalue weighted by molar-refractivity contribution is 7.87. The predicted octanol–water partition coefficient (Wildman–Crippen LogP) is 4.75. The van der Waals surface area contributed by atoms with Gasteiger partial charge in [0.1, 0.15) is 0 Å². The Morgan fingerprint density at radius 3 is 1.76 bits per heavy atom. The third kappa shape index (κ3) is 6.24. The van der Waals surface area contributed by atoms with E-state index in [2.05, 4.69) is 5.10 Å². The van der Waals surface area contributed by atoms with E-state index < -0.39 is 31.3 Å². The molecule has 1 N–H and O–H groups in total. The van der Waals surface area contributed by atoms with Crippen LogP contribution in [0.5, 0.6) is 0 Å². The molecule has 1 saturated carbocycles. The van der Waals surface area contributed by atoms with Gasteiger partial charge in [0.05, 0.1) is 40.3 Å². The molecule has 0 radical (unpaired) electrons. The van der Waals surface area contributed by atoms with E-state index in [-0.39, 0.29) is 48.7 Å². The van der Waals surface area contributed by atoms with Gasteiger partial charge in [-0.05, 0) is 81.5 Å². The van der Waals surface area contributed by atoms with Crippen LogP contribution >= 0.6 is 0 Å². The maximum absolute atomic E-state index is 13.0. The largest absolute Gasteiger partial charge is 0.385 e. The Kier molecular flexibility index (Phi) is 7.86. The van der Waals surface area contributed by atoms with Gasteiger partial charge in [-0.25, -0.2) is 0 Å². The summed E-state index contributed by atoms with van der Waals surface area (Å²) in [6.07, 6.45) is 2.83. The van der Waals surface area contributed by atoms with E-state index in [1.807, 2.05) is 39.1 Å². The van der Waals surface area contributed by atoms with Gasteiger partial charge in [0.2, 0.25) is 0 Å². The molecular formula is C30H34N2O7S2. The SMILES string of the molecule is Cc1ccc(S(=O)(=O)OCC2(COS(=O)(=O)c3ccc(C)cc3)CCC(O)(c3ccc4c(cnn4C)c3)CC2)cc1. The first kappa shape index (κ1) is 29.4. The van der Waals surface area contributed by atoms with Crippen molar-refractivity contribution in [1.29, 1.82) is 0 Å². The first-order valence-electron chi connectivity index (χ1n) is 13.4. The van der Waals surface area contributed by atoms with Crippen LogP contribution in [0.25, 0.3) is 10.9 Å². The first-order chi connectivity index (χ1) is 19.3. The van der Waals surface area contributed by atoms with Crippen molar-refractivity contribution in [2.24, 2.45) is 12.5 Å². The molecule has 9 nitrogen and oxygen atoms in total. The van der Waals surface area contributed by atoms with Crippen LogP contribution in [0.4, 0.5) is 0 Å². The summed E-state index contributed by atoms with van der Waals surface area (Å²) in [4.78, 5) is 0.0343. The van der Waals surface area contributed by atoms with Crippen molar-refractivity contribution >= 4 is 31.1 Å². The minimum absolute atomic E-state index is 0.0172. The molecule has 1 aliphatic carbocycles. The lowest BCUT2D eigenvalue weighted by molar-refractivity contribution is -0.0621. The zero-order chi connectivity index (χ0) is 29.5. The monoisotopic (exact) mass is 598 g/mol. The van der Waals surface area contributed by atoms with Crippen molar-refractivity contribution in [3.8, 4) is 0 Å². The quantitative estimate of drug-likeness (QED) is 0.274. The van der Waals surface area contributed by atoms with Gasteiger partial charge in [0.25, 0.3) is 20.2 Å². The molecule has 4 aromatic rings. The van der Waals surface area contributed by atoms with Gasteiger partial charge in [-0.1, -0.05) is 41.5 Å². The summed E-state index contributed by atoms with van der Waals surface area (Å²) in [6, 6.07) is 18.3. The van der Waals surface area contributed by atoms with Gasteiger partial charge < -0.3 is 5.11 Å². The van der Waals surface area contributed by atoms with Crippen LogP contribution in [0.3, 0.4) is 0 Å². The van der Waals surface area contributed by atoms with E-state index in [1.165, 1.54) is 24.3 Å². The van der Waals surface area contributed by atoms with Crippen LogP contribution in [-0.4, -0.2) is 44.9 Å². The number of benzene rings is 3. The number of aromatic nitrogens is 2. The second-order valence-corrected chi connectivity index (χ2v) is 14.4. The Morgan fingerprint density at radius 1 is 0.780 bits per heavy atom. The highest BCUT2D eigenvalue weighted by Crippen LogP contribution is 2.47. The fourth-order valence-electron chi connectivity index (χ4n) is 5.22. The van der Waals surface area contributed by atoms with E-state index in [4.69, 9.17) is 8.37 Å². The summed E-state index contributed by atoms with van der Waals surface area (Å²) in [5.74, 6) is 0. The van der Waals surface area contributed by atoms with Gasteiger partial charge in [0, 0.05) is 17.8 Å². The van der Waals surface area contributed by atoms with Crippen LogP contribution < -0.4 is 0 Å². The molecule has 1 aromatic heterocycles. The number of hydrogen-bond donors (Lipinski definition) is 1. The summed E-state index contributed by atoms with van der Waals surface area (Å²) in [6.45, 7) is 3.13. The third-order valence-electron chi connectivity index (χ3n) is 8.08. The molecule has 0 amide bonds. The lowest BCUT2D eigenvalue weighted by Crippen LogP contribution is -2.43. The average Bonchev–Trinajstić information content (AvgIpc) is 3.33. The van der Waals surface area contributed by atoms with E-state index >= 15 is 0 Å². The zero-order valence-corrected chi connectivity index (χ0v) is 24.9. The standard InChI is InChI=1S/C30H34N2O7S2/c1-22-4-9-26(10-5-22)40(34,35)38-20-29(21-39-41(36,37)27-11-6-23(2)7-12-27)14-16-30(33,17-15-29)25-8-13-28-24(18-25)19-31-32(28)3/h4-13,18-19,33H,14-17,20-21H2,1-3H3. The maximum atomic E-state index is 13.0. The molecule has 0 bridgehead atoms. The summed E-state index contributed by atoms with van der Waals surface area (Å²) in [5.41, 5.74) is 1.33. The van der Waals surface area contributed by atoms with Gasteiger partial charge >= 0.3 is 0 Å². The molecule has 218 valence electrons. The lowest BCUT2D eigenvalue weighted by Gasteiger charge is -2.43. The Balaban J connectivity index is 1.38. The van der Waals surface area contributed by atoms with Crippen molar-refractivity contribution in [2.45, 2.75) is 54.9 Å². The van der Waals surface area contributed by atoms with Crippen LogP contribution in [0.2, 0.25) is 0 Å². The van der Waals surface area contributed by atoms with E-state index in [9.17, 15) is 21.9 Å². The van der Waals surface area contributed by atoms with E-state index in [1.54, 1.807) is 35.1 Å². The Labute approximate surface area is 241 Å². The molecule has 0 atom stereocenters. The zero-order valence-electron chi connectivity index (χ0n) is 23.3. The van der Waals surface area contributed by atoms with Gasteiger partial charge in [-0.2, -0.15) is 21.9 Å². The molecule has 0 aliphatic heterocycles. The van der Waals surface area contributed by atoms with E-state index in [0.717, 1.165) is 27.6 Å². The van der Waals surface area contributed by atoms with Gasteiger partial charge in [0.15, 0.2) is 0 Å². The third-order valence-corrected chi connectivity index (χ3v) is 10.6. The molecule has 1 fully saturated rings. The summed E-state index contributed by atoms with van der Waals surface area (Å²) < 4.78 is 64.9. The average molecular weight is 599 g/mol. The van der Waals surface area contributed by atoms with E-state index in [0.29, 0.717) is 0 Å². The molecule has 41 heavy (non-hydrogen) atoms. The second kappa shape index (κ2) is 11.0. The minimum Gasteiger partial charge on any atom is -0.385 e. The van der Waals surface area contributed by atoms with Crippen LogP contribution in [0, 0.1) is 19.3 Å². The highest BCUT2D eigenvalue weighted by Gasteiger charge is 2.45. The van der Waals surface area contributed by atoms with Crippen molar-refractivity contribution in [2.75, 3.05) is 13.2 Å². The Bertz CT molecular complexity index is 1670. The Morgan fingerprint density at radius 2 is 1.27 bits per heavy atom. The smallest absolute Gasteiger partial charge is 0.296 e. The summed E-state index contributed by atoms with van der Waals surface area (Å²) >= 11 is 0. The van der Waals surface area contributed by atoms with Crippen LogP contribution in [0.15, 0.2) is 82.7 Å². The molecule has 5 rings (SSSR count). The fourth-order valence-corrected chi connectivity index (χ4v) is 7.24. The second-order valence-electron chi connectivity index (χ2n) is 11.1. The normalized spacial score (nSPS) is 17.1. The topological polar surface area (TPSA) is 125 Å². The van der Waals surface area contributed by atoms with Gasteiger partial charge in [-0.3, -0.25) is 13.0 Å². The number of fused-ring (bicyclic) bond motifs is 1. The first-order valence-corrected chi connectivity index (χ1v) is 16.2. The molecule has 1 aliphatic rings. The van der Waals surface area contributed by atoms with Crippen molar-refractivity contribution in [3.05, 3.63) is 89.6 Å². The fraction of sp³-hybridized carbons (Fsp3) is 0.367. The summed E-state index contributed by atoms with van der Waals surface area (Å²) in [5, 5.41) is 16.8. The number of hydrogen-bond acceptors (Lipinski definition) is 8. The molecule has 0 saturated heterocycles. The number of rotatable bonds is 9. The van der Waals surface area contributed by atoms with Crippen LogP contribution in [-0.2, 0) is 41.3 Å². The van der Waals surface area contributed by atoms with Gasteiger partial charge in [-0.15, -0.1) is 0 Å². The predicted molar refractivity (Wildman–Crippen MR) is 154 cm³/mol. The van der Waals surface area contributed by atoms with Crippen molar-refractivity contribution < 1.29 is 30.3 Å². The molecule has 1 heterocycles. The maximum Gasteiger partial charge on any atom is 0.296 e. The van der Waals surface area contributed by atoms with Crippen molar-refractivity contribution in [1.82, 2.24) is 9.78 Å². The number of nitrogens with zero attached hydrogens (tertiary/aromatic N) is 2. The van der Waals surface area contributed by atoms with Crippen molar-refractivity contribution in [3.63, 3.8) is 0 Å². The molecular weight excluding hydrogens is 564 g/mol. The molecule has 3 aromatic carbocycles. The van der Waals surface area contributed by atoms with Crippen LogP contribution in [0.1, 0.15) is 42.4 Å². The molecule has 0 spiro atoms. The number of aryl methyl sites for hydroxylation is 3. The lowest BCUT2D eigenvalue weighted by atomic mass is 9.67. The molecule has 11 heteroatoms.